The Morgan fingerprint density at radius 2 is 2.56 bits per heavy atom. The van der Waals surface area contributed by atoms with Crippen LogP contribution in [0.4, 0.5) is 0 Å². The molecule has 2 N–H and O–H groups in total. The zero-order chi connectivity index (χ0) is 6.69. The number of rotatable bonds is 2. The normalized spacial score (nSPS) is 9.89. The van der Waals surface area contributed by atoms with Crippen LogP contribution in [0.25, 0.3) is 0 Å². The maximum Gasteiger partial charge on any atom is 0.213 e. The van der Waals surface area contributed by atoms with E-state index in [1.807, 2.05) is 0 Å². The predicted octanol–water partition coefficient (Wildman–Crippen LogP) is -0.672. The van der Waals surface area contributed by atoms with E-state index >= 15 is 0 Å². The van der Waals surface area contributed by atoms with Gasteiger partial charge in [-0.2, -0.15) is 0 Å². The van der Waals surface area contributed by atoms with Crippen LogP contribution in [-0.4, -0.2) is 31.9 Å². The maximum atomic E-state index is 8.41. The zero-order valence-corrected chi connectivity index (χ0v) is 5.43. The van der Waals surface area contributed by atoms with E-state index in [4.69, 9.17) is 17.3 Å². The van der Waals surface area contributed by atoms with Gasteiger partial charge in [-0.1, -0.05) is 0 Å². The Morgan fingerprint density at radius 1 is 1.78 bits per heavy atom. The van der Waals surface area contributed by atoms with Crippen molar-refractivity contribution < 1.29 is 5.11 Å². The van der Waals surface area contributed by atoms with Crippen molar-refractivity contribution in [3.05, 3.63) is 4.77 Å². The van der Waals surface area contributed by atoms with Crippen LogP contribution in [0.2, 0.25) is 0 Å². The van der Waals surface area contributed by atoms with Crippen LogP contribution >= 0.6 is 12.2 Å². The average Bonchev–Trinajstić information content (AvgIpc) is 2.18. The van der Waals surface area contributed by atoms with Gasteiger partial charge >= 0.3 is 0 Å². The van der Waals surface area contributed by atoms with E-state index in [9.17, 15) is 0 Å². The van der Waals surface area contributed by atoms with Gasteiger partial charge in [0.15, 0.2) is 0 Å². The summed E-state index contributed by atoms with van der Waals surface area (Å²) >= 11 is 4.72. The van der Waals surface area contributed by atoms with E-state index in [-0.39, 0.29) is 6.61 Å². The van der Waals surface area contributed by atoms with Crippen molar-refractivity contribution in [3.63, 3.8) is 0 Å². The zero-order valence-electron chi connectivity index (χ0n) is 4.61. The summed E-state index contributed by atoms with van der Waals surface area (Å²) in [7, 11) is 0. The van der Waals surface area contributed by atoms with Gasteiger partial charge in [0.2, 0.25) is 4.77 Å². The molecular weight excluding hydrogens is 140 g/mol. The molecule has 1 heterocycles. The SMILES string of the molecule is OCCn1nn[nH]c1=S. The summed E-state index contributed by atoms with van der Waals surface area (Å²) in [5, 5.41) is 17.8. The summed E-state index contributed by atoms with van der Waals surface area (Å²) in [5.74, 6) is 0. The molecule has 6 heteroatoms. The third-order valence-corrected chi connectivity index (χ3v) is 1.15. The van der Waals surface area contributed by atoms with E-state index in [0.717, 1.165) is 0 Å². The molecule has 5 nitrogen and oxygen atoms in total. The minimum Gasteiger partial charge on any atom is -0.394 e. The van der Waals surface area contributed by atoms with E-state index in [1.165, 1.54) is 4.68 Å². The third-order valence-electron chi connectivity index (χ3n) is 0.845. The number of hydrogen-bond donors (Lipinski definition) is 2. The molecule has 0 aromatic carbocycles. The summed E-state index contributed by atoms with van der Waals surface area (Å²) in [6.45, 7) is 0.427. The summed E-state index contributed by atoms with van der Waals surface area (Å²) in [6, 6.07) is 0. The van der Waals surface area contributed by atoms with Crippen molar-refractivity contribution in [1.82, 2.24) is 20.2 Å². The molecule has 0 saturated carbocycles. The van der Waals surface area contributed by atoms with Gasteiger partial charge in [-0.15, -0.1) is 0 Å². The number of aromatic nitrogens is 4. The van der Waals surface area contributed by atoms with Crippen molar-refractivity contribution in [3.8, 4) is 0 Å². The van der Waals surface area contributed by atoms with Crippen LogP contribution in [0, 0.1) is 4.77 Å². The molecule has 0 fully saturated rings. The Kier molecular flexibility index (Phi) is 1.91. The lowest BCUT2D eigenvalue weighted by Gasteiger charge is -1.90. The standard InChI is InChI=1S/C3H6N4OS/c8-2-1-7-3(9)4-5-6-7/h8H,1-2H2,(H,4,6,9). The van der Waals surface area contributed by atoms with Gasteiger partial charge in [0.1, 0.15) is 0 Å². The number of aromatic amines is 1. The van der Waals surface area contributed by atoms with Crippen molar-refractivity contribution in [2.24, 2.45) is 0 Å². The number of H-pyrrole nitrogens is 1. The topological polar surface area (TPSA) is 66.7 Å². The van der Waals surface area contributed by atoms with E-state index in [0.29, 0.717) is 11.3 Å². The molecule has 9 heavy (non-hydrogen) atoms. The van der Waals surface area contributed by atoms with E-state index < -0.39 is 0 Å². The molecular formula is C3H6N4OS. The molecule has 1 aromatic heterocycles. The van der Waals surface area contributed by atoms with Crippen LogP contribution < -0.4 is 0 Å². The molecule has 0 spiro atoms. The smallest absolute Gasteiger partial charge is 0.213 e. The second kappa shape index (κ2) is 2.70. The molecule has 0 bridgehead atoms. The minimum absolute atomic E-state index is 0.0286. The maximum absolute atomic E-state index is 8.41. The number of tetrazole rings is 1. The average molecular weight is 146 g/mol. The summed E-state index contributed by atoms with van der Waals surface area (Å²) in [6.07, 6.45) is 0. The van der Waals surface area contributed by atoms with Gasteiger partial charge in [0.05, 0.1) is 13.2 Å². The highest BCUT2D eigenvalue weighted by molar-refractivity contribution is 7.71. The molecule has 1 rings (SSSR count). The van der Waals surface area contributed by atoms with E-state index in [1.54, 1.807) is 0 Å². The molecule has 0 saturated heterocycles. The Bertz CT molecular complexity index is 228. The summed E-state index contributed by atoms with van der Waals surface area (Å²) < 4.78 is 1.85. The van der Waals surface area contributed by atoms with E-state index in [2.05, 4.69) is 15.5 Å². The lowest BCUT2D eigenvalue weighted by Crippen LogP contribution is -2.03. The first-order chi connectivity index (χ1) is 4.34. The molecule has 50 valence electrons. The van der Waals surface area contributed by atoms with Crippen LogP contribution in [0.5, 0.6) is 0 Å². The van der Waals surface area contributed by atoms with Crippen molar-refractivity contribution in [2.75, 3.05) is 6.61 Å². The molecule has 0 unspecified atom stereocenters. The molecule has 0 aliphatic carbocycles. The number of aliphatic hydroxyl groups is 1. The van der Waals surface area contributed by atoms with Crippen LogP contribution in [0.15, 0.2) is 0 Å². The number of nitrogens with zero attached hydrogens (tertiary/aromatic N) is 3. The van der Waals surface area contributed by atoms with Gasteiger partial charge in [0.25, 0.3) is 0 Å². The lowest BCUT2D eigenvalue weighted by atomic mass is 10.7. The van der Waals surface area contributed by atoms with Gasteiger partial charge < -0.3 is 5.11 Å². The Balaban J connectivity index is 2.81. The highest BCUT2D eigenvalue weighted by Crippen LogP contribution is 1.79. The van der Waals surface area contributed by atoms with Gasteiger partial charge in [-0.25, -0.2) is 9.78 Å². The number of hydrogen-bond acceptors (Lipinski definition) is 4. The first-order valence-electron chi connectivity index (χ1n) is 2.43. The minimum atomic E-state index is 0.0286. The molecule has 1 aromatic rings. The number of nitrogens with one attached hydrogen (secondary N) is 1. The molecule has 0 aliphatic heterocycles. The van der Waals surface area contributed by atoms with Crippen molar-refractivity contribution >= 4 is 12.2 Å². The number of aliphatic hydroxyl groups excluding tert-OH is 1. The Labute approximate surface area is 56.3 Å². The van der Waals surface area contributed by atoms with Gasteiger partial charge in [-0.05, 0) is 22.6 Å². The third kappa shape index (κ3) is 1.33. The second-order valence-electron chi connectivity index (χ2n) is 1.45. The fraction of sp³-hybridized carbons (Fsp3) is 0.667. The Hall–Kier alpha value is -0.750. The Morgan fingerprint density at radius 3 is 3.00 bits per heavy atom. The monoisotopic (exact) mass is 146 g/mol. The first-order valence-corrected chi connectivity index (χ1v) is 2.84. The van der Waals surface area contributed by atoms with Gasteiger partial charge in [-0.3, -0.25) is 0 Å². The fourth-order valence-corrected chi connectivity index (χ4v) is 0.627. The quantitative estimate of drug-likeness (QED) is 0.543. The fourth-order valence-electron chi connectivity index (χ4n) is 0.458. The largest absolute Gasteiger partial charge is 0.394 e. The van der Waals surface area contributed by atoms with Crippen LogP contribution in [0.1, 0.15) is 0 Å². The van der Waals surface area contributed by atoms with Crippen LogP contribution in [0.3, 0.4) is 0 Å². The molecule has 0 atom stereocenters. The van der Waals surface area contributed by atoms with Crippen LogP contribution in [-0.2, 0) is 6.54 Å². The first kappa shape index (κ1) is 6.37. The molecule has 0 amide bonds. The molecule has 0 radical (unpaired) electrons. The summed E-state index contributed by atoms with van der Waals surface area (Å²) in [5.41, 5.74) is 0. The summed E-state index contributed by atoms with van der Waals surface area (Å²) in [4.78, 5) is 0. The lowest BCUT2D eigenvalue weighted by molar-refractivity contribution is 0.267. The second-order valence-corrected chi connectivity index (χ2v) is 1.84. The van der Waals surface area contributed by atoms with Gasteiger partial charge in [0, 0.05) is 0 Å². The highest BCUT2D eigenvalue weighted by atomic mass is 32.1. The molecule has 0 aliphatic rings. The van der Waals surface area contributed by atoms with Crippen molar-refractivity contribution in [1.29, 1.82) is 0 Å². The predicted molar refractivity (Wildman–Crippen MR) is 32.3 cm³/mol. The highest BCUT2D eigenvalue weighted by Gasteiger charge is 1.90. The van der Waals surface area contributed by atoms with Crippen molar-refractivity contribution in [2.45, 2.75) is 6.54 Å².